The normalized spacial score (nSPS) is 20.7. The highest BCUT2D eigenvalue weighted by Crippen LogP contribution is 2.39. The Morgan fingerprint density at radius 1 is 1.50 bits per heavy atom. The van der Waals surface area contributed by atoms with Crippen LogP contribution < -0.4 is 5.73 Å². The molecular weight excluding hydrogens is 230 g/mol. The Morgan fingerprint density at radius 3 is 2.62 bits per heavy atom. The summed E-state index contributed by atoms with van der Waals surface area (Å²) in [5.74, 6) is 0.934. The van der Waals surface area contributed by atoms with E-state index in [1.54, 1.807) is 0 Å². The summed E-state index contributed by atoms with van der Waals surface area (Å²) >= 11 is 0. The van der Waals surface area contributed by atoms with Gasteiger partial charge in [-0.1, -0.05) is 5.16 Å². The van der Waals surface area contributed by atoms with Crippen LogP contribution in [0.2, 0.25) is 0 Å². The Balaban J connectivity index is 2.18. The molecule has 2 unspecified atom stereocenters. The van der Waals surface area contributed by atoms with Crippen molar-refractivity contribution in [3.8, 4) is 0 Å². The van der Waals surface area contributed by atoms with Crippen molar-refractivity contribution < 1.29 is 12.9 Å². The van der Waals surface area contributed by atoms with Crippen LogP contribution in [0, 0.1) is 5.92 Å². The molecule has 1 aliphatic carbocycles. The lowest BCUT2D eigenvalue weighted by Gasteiger charge is -2.03. The molecule has 2 N–H and O–H groups in total. The van der Waals surface area contributed by atoms with E-state index in [1.807, 2.05) is 0 Å². The van der Waals surface area contributed by atoms with E-state index in [1.165, 1.54) is 6.92 Å². The second-order valence-corrected chi connectivity index (χ2v) is 6.69. The number of hydrogen-bond acceptors (Lipinski definition) is 6. The first-order chi connectivity index (χ1) is 7.39. The molecule has 0 aliphatic heterocycles. The van der Waals surface area contributed by atoms with E-state index >= 15 is 0 Å². The fraction of sp³-hybridized carbons (Fsp3) is 0.778. The topological polar surface area (TPSA) is 99.1 Å². The van der Waals surface area contributed by atoms with Crippen LogP contribution >= 0.6 is 0 Å². The summed E-state index contributed by atoms with van der Waals surface area (Å²) in [4.78, 5) is 4.06. The zero-order chi connectivity index (χ0) is 11.9. The lowest BCUT2D eigenvalue weighted by Crippen LogP contribution is -2.13. The quantitative estimate of drug-likeness (QED) is 0.833. The molecule has 7 heteroatoms. The summed E-state index contributed by atoms with van der Waals surface area (Å²) in [6.45, 7) is 1.53. The molecule has 0 spiro atoms. The number of nitrogens with zero attached hydrogens (tertiary/aromatic N) is 2. The minimum absolute atomic E-state index is 0.189. The summed E-state index contributed by atoms with van der Waals surface area (Å²) in [7, 11) is -3.20. The van der Waals surface area contributed by atoms with Crippen LogP contribution in [0.5, 0.6) is 0 Å². The van der Waals surface area contributed by atoms with E-state index in [-0.39, 0.29) is 11.9 Å². The van der Waals surface area contributed by atoms with Crippen molar-refractivity contribution in [2.75, 3.05) is 6.26 Å². The molecule has 1 saturated carbocycles. The first kappa shape index (κ1) is 11.5. The molecule has 0 bridgehead atoms. The highest BCUT2D eigenvalue weighted by atomic mass is 32.2. The molecule has 2 atom stereocenters. The Hall–Kier alpha value is -0.950. The van der Waals surface area contributed by atoms with Crippen molar-refractivity contribution in [1.29, 1.82) is 0 Å². The van der Waals surface area contributed by atoms with E-state index in [0.717, 1.165) is 19.1 Å². The minimum Gasteiger partial charge on any atom is -0.338 e. The van der Waals surface area contributed by atoms with Gasteiger partial charge in [-0.05, 0) is 25.7 Å². The monoisotopic (exact) mass is 245 g/mol. The predicted octanol–water partition coefficient (Wildman–Crippen LogP) is 0.585. The van der Waals surface area contributed by atoms with Gasteiger partial charge in [0.05, 0.1) is 6.04 Å². The molecule has 16 heavy (non-hydrogen) atoms. The van der Waals surface area contributed by atoms with Gasteiger partial charge in [0.2, 0.25) is 5.89 Å². The molecule has 1 fully saturated rings. The molecule has 6 nitrogen and oxygen atoms in total. The fourth-order valence-electron chi connectivity index (χ4n) is 1.40. The van der Waals surface area contributed by atoms with Crippen LogP contribution in [-0.2, 0) is 9.84 Å². The molecule has 1 aromatic heterocycles. The van der Waals surface area contributed by atoms with Crippen molar-refractivity contribution in [3.63, 3.8) is 0 Å². The van der Waals surface area contributed by atoms with E-state index in [4.69, 9.17) is 10.3 Å². The van der Waals surface area contributed by atoms with Gasteiger partial charge in [-0.2, -0.15) is 4.98 Å². The van der Waals surface area contributed by atoms with E-state index in [0.29, 0.717) is 11.8 Å². The van der Waals surface area contributed by atoms with Crippen LogP contribution in [0.15, 0.2) is 4.52 Å². The van der Waals surface area contributed by atoms with E-state index in [2.05, 4.69) is 10.1 Å². The van der Waals surface area contributed by atoms with Gasteiger partial charge in [0.1, 0.15) is 5.25 Å². The van der Waals surface area contributed by atoms with Crippen LogP contribution in [0.25, 0.3) is 0 Å². The summed E-state index contributed by atoms with van der Waals surface area (Å²) < 4.78 is 27.6. The summed E-state index contributed by atoms with van der Waals surface area (Å²) in [6, 6.07) is -0.256. The minimum atomic E-state index is -3.20. The highest BCUT2D eigenvalue weighted by molar-refractivity contribution is 7.90. The maximum absolute atomic E-state index is 11.3. The standard InChI is InChI=1S/C9H15N3O3S/c1-5(16(2,13)14)8-11-9(15-12-8)7(10)6-3-4-6/h5-7H,3-4,10H2,1-2H3. The molecule has 0 radical (unpaired) electrons. The molecule has 0 saturated heterocycles. The molecule has 1 aromatic rings. The average molecular weight is 245 g/mol. The van der Waals surface area contributed by atoms with Gasteiger partial charge < -0.3 is 10.3 Å². The van der Waals surface area contributed by atoms with Gasteiger partial charge >= 0.3 is 0 Å². The molecule has 0 aromatic carbocycles. The number of nitrogens with two attached hydrogens (primary N) is 1. The van der Waals surface area contributed by atoms with Gasteiger partial charge in [0, 0.05) is 6.26 Å². The van der Waals surface area contributed by atoms with Crippen molar-refractivity contribution in [2.24, 2.45) is 11.7 Å². The molecular formula is C9H15N3O3S. The largest absolute Gasteiger partial charge is 0.338 e. The summed E-state index contributed by atoms with van der Waals surface area (Å²) in [6.07, 6.45) is 3.29. The first-order valence-electron chi connectivity index (χ1n) is 5.17. The summed E-state index contributed by atoms with van der Waals surface area (Å²) in [5, 5.41) is 2.92. The van der Waals surface area contributed by atoms with Crippen molar-refractivity contribution in [2.45, 2.75) is 31.1 Å². The third-order valence-electron chi connectivity index (χ3n) is 2.88. The second-order valence-electron chi connectivity index (χ2n) is 4.33. The molecule has 2 rings (SSSR count). The van der Waals surface area contributed by atoms with Crippen LogP contribution in [0.1, 0.15) is 42.8 Å². The number of aromatic nitrogens is 2. The number of rotatable bonds is 4. The smallest absolute Gasteiger partial charge is 0.243 e. The Kier molecular flexibility index (Phi) is 2.75. The Labute approximate surface area is 94.1 Å². The van der Waals surface area contributed by atoms with E-state index < -0.39 is 15.1 Å². The maximum Gasteiger partial charge on any atom is 0.243 e. The molecule has 90 valence electrons. The van der Waals surface area contributed by atoms with Gasteiger partial charge in [-0.25, -0.2) is 8.42 Å². The maximum atomic E-state index is 11.3. The SMILES string of the molecule is CC(c1noc(C(N)C2CC2)n1)S(C)(=O)=O. The lowest BCUT2D eigenvalue weighted by atomic mass is 10.2. The average Bonchev–Trinajstić information content (AvgIpc) is 2.92. The van der Waals surface area contributed by atoms with Crippen molar-refractivity contribution >= 4 is 9.84 Å². The Bertz CT molecular complexity index is 478. The molecule has 1 heterocycles. The predicted molar refractivity (Wildman–Crippen MR) is 57.2 cm³/mol. The number of sulfone groups is 1. The van der Waals surface area contributed by atoms with Gasteiger partial charge in [-0.3, -0.25) is 0 Å². The number of hydrogen-bond donors (Lipinski definition) is 1. The second kappa shape index (κ2) is 3.81. The van der Waals surface area contributed by atoms with Crippen molar-refractivity contribution in [1.82, 2.24) is 10.1 Å². The Morgan fingerprint density at radius 2 is 2.12 bits per heavy atom. The van der Waals surface area contributed by atoms with Gasteiger partial charge in [-0.15, -0.1) is 0 Å². The highest BCUT2D eigenvalue weighted by Gasteiger charge is 2.34. The van der Waals surface area contributed by atoms with Crippen LogP contribution in [0.4, 0.5) is 0 Å². The van der Waals surface area contributed by atoms with E-state index in [9.17, 15) is 8.42 Å². The third-order valence-corrected chi connectivity index (χ3v) is 4.37. The fourth-order valence-corrected chi connectivity index (χ4v) is 1.87. The zero-order valence-corrected chi connectivity index (χ0v) is 10.1. The van der Waals surface area contributed by atoms with Gasteiger partial charge in [0.15, 0.2) is 15.7 Å². The van der Waals surface area contributed by atoms with Crippen LogP contribution in [0.3, 0.4) is 0 Å². The zero-order valence-electron chi connectivity index (χ0n) is 9.25. The lowest BCUT2D eigenvalue weighted by molar-refractivity contribution is 0.340. The summed E-state index contributed by atoms with van der Waals surface area (Å²) in [5.41, 5.74) is 5.88. The van der Waals surface area contributed by atoms with Crippen LogP contribution in [-0.4, -0.2) is 24.8 Å². The van der Waals surface area contributed by atoms with Crippen molar-refractivity contribution in [3.05, 3.63) is 11.7 Å². The molecule has 0 amide bonds. The van der Waals surface area contributed by atoms with Gasteiger partial charge in [0.25, 0.3) is 0 Å². The third kappa shape index (κ3) is 2.25. The first-order valence-corrected chi connectivity index (χ1v) is 7.13. The molecule has 1 aliphatic rings.